The fourth-order valence-corrected chi connectivity index (χ4v) is 4.00. The molecule has 0 radical (unpaired) electrons. The van der Waals surface area contributed by atoms with Gasteiger partial charge in [-0.2, -0.15) is 0 Å². The van der Waals surface area contributed by atoms with Crippen LogP contribution in [0.2, 0.25) is 10.0 Å². The van der Waals surface area contributed by atoms with Crippen molar-refractivity contribution in [1.29, 1.82) is 0 Å². The maximum atomic E-state index is 12.8. The number of fused-ring (bicyclic) bond motifs is 1. The minimum absolute atomic E-state index is 0.128. The van der Waals surface area contributed by atoms with Crippen molar-refractivity contribution in [3.05, 3.63) is 63.4 Å². The number of amides is 1. The molecule has 2 heterocycles. The Morgan fingerprint density at radius 3 is 2.59 bits per heavy atom. The molecule has 0 aliphatic carbocycles. The maximum absolute atomic E-state index is 12.8. The number of hydrogen-bond donors (Lipinski definition) is 0. The molecular formula is C21H21Cl2N3O. The Labute approximate surface area is 168 Å². The fraction of sp³-hybridized carbons (Fsp3) is 0.333. The van der Waals surface area contributed by atoms with Crippen LogP contribution in [-0.2, 0) is 17.8 Å². The van der Waals surface area contributed by atoms with Crippen LogP contribution >= 0.6 is 23.2 Å². The van der Waals surface area contributed by atoms with Crippen molar-refractivity contribution in [2.45, 2.75) is 32.7 Å². The molecule has 0 N–H and O–H groups in total. The number of aryl methyl sites for hydroxylation is 1. The quantitative estimate of drug-likeness (QED) is 0.625. The van der Waals surface area contributed by atoms with Gasteiger partial charge < -0.3 is 9.47 Å². The van der Waals surface area contributed by atoms with E-state index in [-0.39, 0.29) is 12.5 Å². The van der Waals surface area contributed by atoms with Crippen LogP contribution in [0.3, 0.4) is 0 Å². The average molecular weight is 402 g/mol. The van der Waals surface area contributed by atoms with E-state index >= 15 is 0 Å². The van der Waals surface area contributed by atoms with Crippen LogP contribution in [0.15, 0.2) is 36.4 Å². The first-order valence-electron chi connectivity index (χ1n) is 9.19. The van der Waals surface area contributed by atoms with Gasteiger partial charge in [0.25, 0.3) is 0 Å². The van der Waals surface area contributed by atoms with E-state index < -0.39 is 0 Å². The Morgan fingerprint density at radius 2 is 1.85 bits per heavy atom. The molecule has 0 bridgehead atoms. The van der Waals surface area contributed by atoms with Crippen molar-refractivity contribution in [2.24, 2.45) is 0 Å². The molecule has 1 fully saturated rings. The predicted octanol–water partition coefficient (Wildman–Crippen LogP) is 4.86. The minimum atomic E-state index is 0.128. The molecule has 0 saturated carbocycles. The molecule has 3 aromatic rings. The third kappa shape index (κ3) is 3.83. The van der Waals surface area contributed by atoms with Crippen LogP contribution in [0.5, 0.6) is 0 Å². The first-order chi connectivity index (χ1) is 13.0. The number of halogens is 2. The molecule has 0 unspecified atom stereocenters. The van der Waals surface area contributed by atoms with E-state index in [1.165, 1.54) is 5.56 Å². The Morgan fingerprint density at radius 1 is 1.11 bits per heavy atom. The summed E-state index contributed by atoms with van der Waals surface area (Å²) in [5.41, 5.74) is 3.98. The highest BCUT2D eigenvalue weighted by Gasteiger charge is 2.21. The second-order valence-corrected chi connectivity index (χ2v) is 7.94. The zero-order valence-corrected chi connectivity index (χ0v) is 16.7. The van der Waals surface area contributed by atoms with Crippen LogP contribution in [0, 0.1) is 6.92 Å². The Balaban J connectivity index is 1.75. The van der Waals surface area contributed by atoms with Gasteiger partial charge in [0.15, 0.2) is 0 Å². The van der Waals surface area contributed by atoms with E-state index in [1.54, 1.807) is 6.07 Å². The number of likely N-dealkylation sites (tertiary alicyclic amines) is 1. The average Bonchev–Trinajstić information content (AvgIpc) is 3.26. The maximum Gasteiger partial charge on any atom is 0.242 e. The molecule has 6 heteroatoms. The summed E-state index contributed by atoms with van der Waals surface area (Å²) in [6.07, 6.45) is 2.81. The lowest BCUT2D eigenvalue weighted by molar-refractivity contribution is -0.130. The molecule has 0 atom stereocenters. The van der Waals surface area contributed by atoms with Crippen molar-refractivity contribution in [3.63, 3.8) is 0 Å². The topological polar surface area (TPSA) is 38.1 Å². The summed E-state index contributed by atoms with van der Waals surface area (Å²) in [7, 11) is 0. The number of imidazole rings is 1. The van der Waals surface area contributed by atoms with Gasteiger partial charge in [-0.15, -0.1) is 0 Å². The normalized spacial score (nSPS) is 14.3. The highest BCUT2D eigenvalue weighted by Crippen LogP contribution is 2.29. The molecular weight excluding hydrogens is 381 g/mol. The summed E-state index contributed by atoms with van der Waals surface area (Å²) in [5.74, 6) is 0.977. The molecule has 27 heavy (non-hydrogen) atoms. The van der Waals surface area contributed by atoms with Gasteiger partial charge in [-0.1, -0.05) is 53.0 Å². The van der Waals surface area contributed by atoms with E-state index in [2.05, 4.69) is 25.1 Å². The summed E-state index contributed by atoms with van der Waals surface area (Å²) in [4.78, 5) is 19.5. The van der Waals surface area contributed by atoms with Crippen LogP contribution in [0.4, 0.5) is 0 Å². The van der Waals surface area contributed by atoms with E-state index in [4.69, 9.17) is 28.2 Å². The molecule has 1 aliphatic heterocycles. The monoisotopic (exact) mass is 401 g/mol. The first-order valence-corrected chi connectivity index (χ1v) is 9.94. The van der Waals surface area contributed by atoms with Gasteiger partial charge in [0.05, 0.1) is 21.1 Å². The standard InChI is InChI=1S/C21H21Cl2N3O/c1-14-5-4-6-15(9-14)10-20-24-18-11-16(22)17(23)12-19(18)26(20)13-21(27)25-7-2-3-8-25/h4-6,9,11-12H,2-3,7-8,10,13H2,1H3. The smallest absolute Gasteiger partial charge is 0.242 e. The second kappa shape index (κ2) is 7.53. The van der Waals surface area contributed by atoms with E-state index in [0.29, 0.717) is 16.5 Å². The molecule has 4 nitrogen and oxygen atoms in total. The number of carbonyl (C=O) groups is 1. The number of nitrogens with zero attached hydrogens (tertiary/aromatic N) is 3. The lowest BCUT2D eigenvalue weighted by Gasteiger charge is -2.17. The Hall–Kier alpha value is -2.04. The zero-order chi connectivity index (χ0) is 19.0. The first kappa shape index (κ1) is 18.3. The Kier molecular flexibility index (Phi) is 5.11. The van der Waals surface area contributed by atoms with Gasteiger partial charge in [-0.3, -0.25) is 4.79 Å². The van der Waals surface area contributed by atoms with Gasteiger partial charge in [-0.25, -0.2) is 4.98 Å². The number of benzene rings is 2. The van der Waals surface area contributed by atoms with E-state index in [9.17, 15) is 4.79 Å². The van der Waals surface area contributed by atoms with Crippen LogP contribution in [-0.4, -0.2) is 33.4 Å². The summed E-state index contributed by atoms with van der Waals surface area (Å²) < 4.78 is 1.99. The van der Waals surface area contributed by atoms with E-state index in [1.807, 2.05) is 21.6 Å². The van der Waals surface area contributed by atoms with Gasteiger partial charge in [0, 0.05) is 19.5 Å². The third-order valence-electron chi connectivity index (χ3n) is 5.07. The fourth-order valence-electron chi connectivity index (χ4n) is 3.69. The van der Waals surface area contributed by atoms with Crippen molar-refractivity contribution >= 4 is 40.1 Å². The van der Waals surface area contributed by atoms with Crippen molar-refractivity contribution in [1.82, 2.24) is 14.5 Å². The minimum Gasteiger partial charge on any atom is -0.341 e. The molecule has 140 valence electrons. The summed E-state index contributed by atoms with van der Waals surface area (Å²) in [6.45, 7) is 4.02. The van der Waals surface area contributed by atoms with Crippen molar-refractivity contribution in [3.8, 4) is 0 Å². The van der Waals surface area contributed by atoms with Gasteiger partial charge in [0.2, 0.25) is 5.91 Å². The zero-order valence-electron chi connectivity index (χ0n) is 15.2. The number of aromatic nitrogens is 2. The molecule has 0 spiro atoms. The molecule has 2 aromatic carbocycles. The third-order valence-corrected chi connectivity index (χ3v) is 5.79. The summed E-state index contributed by atoms with van der Waals surface area (Å²) in [6, 6.07) is 11.9. The number of rotatable bonds is 4. The Bertz CT molecular complexity index is 1010. The van der Waals surface area contributed by atoms with Crippen LogP contribution < -0.4 is 0 Å². The van der Waals surface area contributed by atoms with E-state index in [0.717, 1.165) is 48.4 Å². The number of hydrogen-bond acceptors (Lipinski definition) is 2. The molecule has 4 rings (SSSR count). The van der Waals surface area contributed by atoms with Gasteiger partial charge >= 0.3 is 0 Å². The highest BCUT2D eigenvalue weighted by molar-refractivity contribution is 6.42. The van der Waals surface area contributed by atoms with Crippen LogP contribution in [0.25, 0.3) is 11.0 Å². The SMILES string of the molecule is Cc1cccc(Cc2nc3cc(Cl)c(Cl)cc3n2CC(=O)N2CCCC2)c1. The molecule has 1 amide bonds. The second-order valence-electron chi connectivity index (χ2n) is 7.12. The highest BCUT2D eigenvalue weighted by atomic mass is 35.5. The molecule has 1 aliphatic rings. The summed E-state index contributed by atoms with van der Waals surface area (Å²) >= 11 is 12.4. The lowest BCUT2D eigenvalue weighted by atomic mass is 10.1. The van der Waals surface area contributed by atoms with Gasteiger partial charge in [-0.05, 0) is 37.5 Å². The largest absolute Gasteiger partial charge is 0.341 e. The van der Waals surface area contributed by atoms with Crippen LogP contribution in [0.1, 0.15) is 29.8 Å². The summed E-state index contributed by atoms with van der Waals surface area (Å²) in [5, 5.41) is 0.947. The van der Waals surface area contributed by atoms with Crippen molar-refractivity contribution < 1.29 is 4.79 Å². The molecule has 1 aromatic heterocycles. The number of carbonyl (C=O) groups excluding carboxylic acids is 1. The van der Waals surface area contributed by atoms with Crippen molar-refractivity contribution in [2.75, 3.05) is 13.1 Å². The predicted molar refractivity (Wildman–Crippen MR) is 110 cm³/mol. The lowest BCUT2D eigenvalue weighted by Crippen LogP contribution is -2.31. The molecule has 1 saturated heterocycles. The van der Waals surface area contributed by atoms with Gasteiger partial charge in [0.1, 0.15) is 12.4 Å².